The van der Waals surface area contributed by atoms with Gasteiger partial charge in [-0.3, -0.25) is 4.90 Å². The fourth-order valence-electron chi connectivity index (χ4n) is 2.80. The van der Waals surface area contributed by atoms with Crippen LogP contribution in [0.5, 0.6) is 0 Å². The van der Waals surface area contributed by atoms with E-state index in [4.69, 9.17) is 4.74 Å². The summed E-state index contributed by atoms with van der Waals surface area (Å²) in [4.78, 5) is 2.56. The zero-order valence-corrected chi connectivity index (χ0v) is 12.1. The highest BCUT2D eigenvalue weighted by Crippen LogP contribution is 2.34. The molecule has 1 aromatic carbocycles. The Morgan fingerprint density at radius 2 is 1.83 bits per heavy atom. The standard InChI is InChI=1S/C14H19BrN2O/c15-13-3-1-12(2-4-13)14(10-18-11-14)9-17-7-5-16-6-8-17/h1-4,16H,5-11H2. The molecule has 0 aromatic heterocycles. The molecule has 0 radical (unpaired) electrons. The quantitative estimate of drug-likeness (QED) is 0.918. The lowest BCUT2D eigenvalue weighted by atomic mass is 9.78. The van der Waals surface area contributed by atoms with Gasteiger partial charge in [-0.1, -0.05) is 28.1 Å². The number of ether oxygens (including phenoxy) is 1. The van der Waals surface area contributed by atoms with Crippen LogP contribution in [0.25, 0.3) is 0 Å². The molecule has 2 heterocycles. The lowest BCUT2D eigenvalue weighted by Crippen LogP contribution is -2.57. The maximum absolute atomic E-state index is 5.51. The normalized spacial score (nSPS) is 23.6. The van der Waals surface area contributed by atoms with Gasteiger partial charge < -0.3 is 10.1 Å². The first kappa shape index (κ1) is 12.6. The molecule has 1 N–H and O–H groups in total. The number of hydrogen-bond acceptors (Lipinski definition) is 3. The van der Waals surface area contributed by atoms with Gasteiger partial charge in [-0.05, 0) is 17.7 Å². The summed E-state index contributed by atoms with van der Waals surface area (Å²) in [5, 5.41) is 3.40. The fourth-order valence-corrected chi connectivity index (χ4v) is 3.06. The van der Waals surface area contributed by atoms with Crippen molar-refractivity contribution in [1.82, 2.24) is 10.2 Å². The van der Waals surface area contributed by atoms with E-state index in [2.05, 4.69) is 50.4 Å². The van der Waals surface area contributed by atoms with E-state index in [0.29, 0.717) is 0 Å². The summed E-state index contributed by atoms with van der Waals surface area (Å²) in [7, 11) is 0. The Morgan fingerprint density at radius 3 is 2.39 bits per heavy atom. The third-order valence-corrected chi connectivity index (χ3v) is 4.48. The van der Waals surface area contributed by atoms with Crippen molar-refractivity contribution in [3.05, 3.63) is 34.3 Å². The topological polar surface area (TPSA) is 24.5 Å². The van der Waals surface area contributed by atoms with Gasteiger partial charge >= 0.3 is 0 Å². The van der Waals surface area contributed by atoms with Crippen molar-refractivity contribution in [3.8, 4) is 0 Å². The van der Waals surface area contributed by atoms with E-state index in [1.165, 1.54) is 5.56 Å². The summed E-state index contributed by atoms with van der Waals surface area (Å²) in [6, 6.07) is 8.73. The summed E-state index contributed by atoms with van der Waals surface area (Å²) in [6.07, 6.45) is 0. The molecule has 18 heavy (non-hydrogen) atoms. The van der Waals surface area contributed by atoms with Crippen molar-refractivity contribution in [3.63, 3.8) is 0 Å². The van der Waals surface area contributed by atoms with Crippen LogP contribution in [0.4, 0.5) is 0 Å². The minimum atomic E-state index is 0.220. The van der Waals surface area contributed by atoms with Crippen molar-refractivity contribution in [2.45, 2.75) is 5.41 Å². The van der Waals surface area contributed by atoms with Crippen molar-refractivity contribution in [1.29, 1.82) is 0 Å². The number of piperazine rings is 1. The molecule has 2 saturated heterocycles. The van der Waals surface area contributed by atoms with Gasteiger partial charge in [0.2, 0.25) is 0 Å². The highest BCUT2D eigenvalue weighted by atomic mass is 79.9. The van der Waals surface area contributed by atoms with Crippen molar-refractivity contribution >= 4 is 15.9 Å². The van der Waals surface area contributed by atoms with Crippen LogP contribution < -0.4 is 5.32 Å². The molecular formula is C14H19BrN2O. The fraction of sp³-hybridized carbons (Fsp3) is 0.571. The lowest BCUT2D eigenvalue weighted by Gasteiger charge is -2.46. The van der Waals surface area contributed by atoms with Gasteiger partial charge in [0.15, 0.2) is 0 Å². The Labute approximate surface area is 117 Å². The third kappa shape index (κ3) is 2.48. The minimum Gasteiger partial charge on any atom is -0.379 e. The van der Waals surface area contributed by atoms with Crippen LogP contribution in [0.15, 0.2) is 28.7 Å². The van der Waals surface area contributed by atoms with Gasteiger partial charge in [-0.2, -0.15) is 0 Å². The zero-order chi connectivity index (χ0) is 12.4. The van der Waals surface area contributed by atoms with E-state index in [1.807, 2.05) is 0 Å². The number of nitrogens with zero attached hydrogens (tertiary/aromatic N) is 1. The molecule has 0 amide bonds. The summed E-state index contributed by atoms with van der Waals surface area (Å²) in [5.74, 6) is 0. The van der Waals surface area contributed by atoms with E-state index in [0.717, 1.165) is 50.4 Å². The van der Waals surface area contributed by atoms with Crippen molar-refractivity contribution < 1.29 is 4.74 Å². The molecule has 2 aliphatic heterocycles. The minimum absolute atomic E-state index is 0.220. The van der Waals surface area contributed by atoms with Crippen LogP contribution in [0.1, 0.15) is 5.56 Å². The predicted molar refractivity (Wildman–Crippen MR) is 75.9 cm³/mol. The molecule has 0 bridgehead atoms. The van der Waals surface area contributed by atoms with Gasteiger partial charge in [0.1, 0.15) is 0 Å². The molecule has 3 rings (SSSR count). The maximum atomic E-state index is 5.51. The van der Waals surface area contributed by atoms with Crippen LogP contribution in [0, 0.1) is 0 Å². The van der Waals surface area contributed by atoms with E-state index in [9.17, 15) is 0 Å². The Kier molecular flexibility index (Phi) is 3.71. The van der Waals surface area contributed by atoms with Gasteiger partial charge in [-0.25, -0.2) is 0 Å². The second-order valence-corrected chi connectivity index (χ2v) is 6.22. The Balaban J connectivity index is 1.74. The van der Waals surface area contributed by atoms with Crippen LogP contribution in [-0.2, 0) is 10.2 Å². The molecule has 4 heteroatoms. The molecule has 1 aromatic rings. The molecule has 0 spiro atoms. The Morgan fingerprint density at radius 1 is 1.17 bits per heavy atom. The maximum Gasteiger partial charge on any atom is 0.0598 e. The highest BCUT2D eigenvalue weighted by Gasteiger charge is 2.41. The van der Waals surface area contributed by atoms with E-state index >= 15 is 0 Å². The molecular weight excluding hydrogens is 292 g/mol. The van der Waals surface area contributed by atoms with Crippen LogP contribution >= 0.6 is 15.9 Å². The first-order valence-electron chi connectivity index (χ1n) is 6.55. The monoisotopic (exact) mass is 310 g/mol. The number of rotatable bonds is 3. The molecule has 2 fully saturated rings. The summed E-state index contributed by atoms with van der Waals surface area (Å²) >= 11 is 3.50. The second-order valence-electron chi connectivity index (χ2n) is 5.31. The second kappa shape index (κ2) is 5.29. The summed E-state index contributed by atoms with van der Waals surface area (Å²) in [6.45, 7) is 7.36. The smallest absolute Gasteiger partial charge is 0.0598 e. The number of hydrogen-bond donors (Lipinski definition) is 1. The molecule has 0 unspecified atom stereocenters. The molecule has 3 nitrogen and oxygen atoms in total. The van der Waals surface area contributed by atoms with Gasteiger partial charge in [0.05, 0.1) is 18.6 Å². The largest absolute Gasteiger partial charge is 0.379 e. The van der Waals surface area contributed by atoms with Crippen LogP contribution in [-0.4, -0.2) is 50.8 Å². The molecule has 2 aliphatic rings. The number of benzene rings is 1. The molecule has 0 saturated carbocycles. The van der Waals surface area contributed by atoms with E-state index in [-0.39, 0.29) is 5.41 Å². The number of halogens is 1. The average molecular weight is 311 g/mol. The number of nitrogens with one attached hydrogen (secondary N) is 1. The van der Waals surface area contributed by atoms with Gasteiger partial charge in [0, 0.05) is 37.2 Å². The summed E-state index contributed by atoms with van der Waals surface area (Å²) < 4.78 is 6.65. The van der Waals surface area contributed by atoms with Crippen LogP contribution in [0.2, 0.25) is 0 Å². The lowest BCUT2D eigenvalue weighted by molar-refractivity contribution is -0.0756. The first-order valence-corrected chi connectivity index (χ1v) is 7.35. The van der Waals surface area contributed by atoms with Crippen molar-refractivity contribution in [2.75, 3.05) is 45.9 Å². The van der Waals surface area contributed by atoms with Crippen LogP contribution in [0.3, 0.4) is 0 Å². The highest BCUT2D eigenvalue weighted by molar-refractivity contribution is 9.10. The average Bonchev–Trinajstić information content (AvgIpc) is 2.36. The zero-order valence-electron chi connectivity index (χ0n) is 10.5. The Hall–Kier alpha value is -0.420. The van der Waals surface area contributed by atoms with Gasteiger partial charge in [0.25, 0.3) is 0 Å². The van der Waals surface area contributed by atoms with E-state index in [1.54, 1.807) is 0 Å². The van der Waals surface area contributed by atoms with E-state index < -0.39 is 0 Å². The third-order valence-electron chi connectivity index (χ3n) is 3.95. The Bertz CT molecular complexity index is 397. The van der Waals surface area contributed by atoms with Gasteiger partial charge in [-0.15, -0.1) is 0 Å². The van der Waals surface area contributed by atoms with Crippen molar-refractivity contribution in [2.24, 2.45) is 0 Å². The first-order chi connectivity index (χ1) is 8.78. The predicted octanol–water partition coefficient (Wildman–Crippen LogP) is 1.62. The summed E-state index contributed by atoms with van der Waals surface area (Å²) in [5.41, 5.74) is 1.63. The molecule has 0 aliphatic carbocycles. The molecule has 0 atom stereocenters. The molecule has 98 valence electrons. The SMILES string of the molecule is Brc1ccc(C2(CN3CCNCC3)COC2)cc1.